The van der Waals surface area contributed by atoms with Crippen LogP contribution in [0, 0.1) is 5.92 Å². The lowest BCUT2D eigenvalue weighted by Crippen LogP contribution is -2.33. The minimum atomic E-state index is -0.429. The molecule has 5 rings (SSSR count). The molecule has 0 spiro atoms. The summed E-state index contributed by atoms with van der Waals surface area (Å²) in [6, 6.07) is 18.8. The molecule has 1 heterocycles. The van der Waals surface area contributed by atoms with Gasteiger partial charge in [-0.15, -0.1) is 0 Å². The Hall–Kier alpha value is -2.96. The van der Waals surface area contributed by atoms with Crippen LogP contribution >= 0.6 is 27.5 Å². The van der Waals surface area contributed by atoms with E-state index in [0.29, 0.717) is 21.7 Å². The number of allylic oxidation sites excluding steroid dienone is 1. The summed E-state index contributed by atoms with van der Waals surface area (Å²) in [5, 5.41) is 18.1. The summed E-state index contributed by atoms with van der Waals surface area (Å²) in [7, 11) is 1.51. The topological polar surface area (TPSA) is 70.6 Å². The number of carbonyl (C=O) groups is 1. The van der Waals surface area contributed by atoms with E-state index in [1.807, 2.05) is 54.6 Å². The largest absolute Gasteiger partial charge is 0.503 e. The van der Waals surface area contributed by atoms with Crippen LogP contribution in [0.25, 0.3) is 0 Å². The van der Waals surface area contributed by atoms with Gasteiger partial charge in [0.05, 0.1) is 34.9 Å². The predicted molar refractivity (Wildman–Crippen MR) is 134 cm³/mol. The fourth-order valence-corrected chi connectivity index (χ4v) is 5.22. The monoisotopic (exact) mass is 524 g/mol. The Morgan fingerprint density at radius 3 is 2.52 bits per heavy atom. The second kappa shape index (κ2) is 8.76. The molecule has 0 saturated carbocycles. The molecule has 7 heteroatoms. The fourth-order valence-electron chi connectivity index (χ4n) is 4.63. The van der Waals surface area contributed by atoms with E-state index in [9.17, 15) is 9.90 Å². The molecule has 0 radical (unpaired) electrons. The molecular formula is C26H22BrClN2O3. The number of phenolic OH excluding ortho intramolecular Hbond substituents is 1. The normalized spacial score (nSPS) is 21.6. The van der Waals surface area contributed by atoms with Crippen LogP contribution in [0.2, 0.25) is 5.02 Å². The molecule has 3 aromatic rings. The maximum atomic E-state index is 13.6. The van der Waals surface area contributed by atoms with Crippen molar-refractivity contribution in [3.8, 4) is 11.5 Å². The Labute approximate surface area is 205 Å². The third-order valence-electron chi connectivity index (χ3n) is 6.26. The molecule has 0 amide bonds. The van der Waals surface area contributed by atoms with Gasteiger partial charge in [-0.05, 0) is 63.5 Å². The number of hydrogen-bond donors (Lipinski definition) is 3. The Morgan fingerprint density at radius 2 is 1.79 bits per heavy atom. The molecule has 2 aliphatic rings. The first-order valence-corrected chi connectivity index (χ1v) is 11.8. The van der Waals surface area contributed by atoms with Crippen molar-refractivity contribution >= 4 is 44.7 Å². The standard InChI is InChI=1S/C26H22BrClN2O3/c1-33-23-13-16(10-18(27)26(23)32)25-24-21(29-19-4-2-3-5-20(19)30-25)11-15(12-22(24)31)14-6-8-17(28)9-7-14/h2-11,13,15,24-25,29-30,32H,12H2,1H3/t15-,24+,25+/m0/s1. The number of benzene rings is 3. The third kappa shape index (κ3) is 4.09. The highest BCUT2D eigenvalue weighted by Crippen LogP contribution is 2.46. The highest BCUT2D eigenvalue weighted by molar-refractivity contribution is 9.10. The highest BCUT2D eigenvalue weighted by Gasteiger charge is 2.40. The van der Waals surface area contributed by atoms with Crippen LogP contribution in [0.3, 0.4) is 0 Å². The molecule has 0 fully saturated rings. The van der Waals surface area contributed by atoms with Crippen molar-refractivity contribution in [2.45, 2.75) is 18.4 Å². The van der Waals surface area contributed by atoms with E-state index in [1.165, 1.54) is 7.11 Å². The number of aromatic hydroxyl groups is 1. The van der Waals surface area contributed by atoms with Crippen molar-refractivity contribution in [1.29, 1.82) is 0 Å². The predicted octanol–water partition coefficient (Wildman–Crippen LogP) is 6.65. The summed E-state index contributed by atoms with van der Waals surface area (Å²) in [6.07, 6.45) is 2.54. The Balaban J connectivity index is 1.64. The van der Waals surface area contributed by atoms with Crippen molar-refractivity contribution in [2.75, 3.05) is 17.7 Å². The smallest absolute Gasteiger partial charge is 0.172 e. The zero-order valence-electron chi connectivity index (χ0n) is 17.8. The number of phenols is 1. The number of carbonyl (C=O) groups excluding carboxylic acids is 1. The number of halogens is 2. The Morgan fingerprint density at radius 1 is 1.06 bits per heavy atom. The van der Waals surface area contributed by atoms with Crippen LogP contribution in [0.5, 0.6) is 11.5 Å². The molecule has 3 N–H and O–H groups in total. The van der Waals surface area contributed by atoms with Gasteiger partial charge in [-0.1, -0.05) is 41.9 Å². The van der Waals surface area contributed by atoms with Gasteiger partial charge in [0.15, 0.2) is 11.5 Å². The van der Waals surface area contributed by atoms with Crippen molar-refractivity contribution < 1.29 is 14.6 Å². The van der Waals surface area contributed by atoms with E-state index in [4.69, 9.17) is 16.3 Å². The van der Waals surface area contributed by atoms with E-state index in [1.54, 1.807) is 6.07 Å². The molecule has 33 heavy (non-hydrogen) atoms. The van der Waals surface area contributed by atoms with Gasteiger partial charge in [0.25, 0.3) is 0 Å². The minimum absolute atomic E-state index is 0.0296. The highest BCUT2D eigenvalue weighted by atomic mass is 79.9. The number of hydrogen-bond acceptors (Lipinski definition) is 5. The van der Waals surface area contributed by atoms with Gasteiger partial charge in [0.1, 0.15) is 5.78 Å². The number of ketones is 1. The van der Waals surface area contributed by atoms with Crippen LogP contribution in [-0.2, 0) is 4.79 Å². The van der Waals surface area contributed by atoms with E-state index < -0.39 is 5.92 Å². The summed E-state index contributed by atoms with van der Waals surface area (Å²) in [6.45, 7) is 0. The maximum absolute atomic E-state index is 13.6. The fraction of sp³-hybridized carbons (Fsp3) is 0.192. The van der Waals surface area contributed by atoms with Crippen LogP contribution in [0.15, 0.2) is 76.9 Å². The van der Waals surface area contributed by atoms with Crippen LogP contribution in [-0.4, -0.2) is 18.0 Å². The van der Waals surface area contributed by atoms with Gasteiger partial charge in [0.2, 0.25) is 0 Å². The number of rotatable bonds is 3. The number of fused-ring (bicyclic) bond motifs is 2. The molecule has 168 valence electrons. The van der Waals surface area contributed by atoms with Crippen molar-refractivity contribution in [3.63, 3.8) is 0 Å². The van der Waals surface area contributed by atoms with Crippen molar-refractivity contribution in [3.05, 3.63) is 93.1 Å². The van der Waals surface area contributed by atoms with Gasteiger partial charge in [-0.2, -0.15) is 0 Å². The minimum Gasteiger partial charge on any atom is -0.503 e. The average molecular weight is 526 g/mol. The lowest BCUT2D eigenvalue weighted by molar-refractivity contribution is -0.122. The number of Topliss-reactive ketones (excluding diaryl/α,β-unsaturated/α-hetero) is 1. The van der Waals surface area contributed by atoms with Gasteiger partial charge in [-0.25, -0.2) is 0 Å². The molecule has 0 unspecified atom stereocenters. The Bertz CT molecular complexity index is 1260. The summed E-state index contributed by atoms with van der Waals surface area (Å²) in [5.74, 6) is 0.0393. The lowest BCUT2D eigenvalue weighted by Gasteiger charge is -2.32. The SMILES string of the molecule is COc1cc([C@H]2Nc3ccccc3NC3=C[C@H](c4ccc(Cl)cc4)CC(=O)[C@@H]32)cc(Br)c1O. The molecule has 1 aliphatic carbocycles. The molecular weight excluding hydrogens is 504 g/mol. The van der Waals surface area contributed by atoms with Gasteiger partial charge in [0, 0.05) is 23.1 Å². The number of ether oxygens (including phenoxy) is 1. The Kier molecular flexibility index (Phi) is 5.81. The molecule has 1 aliphatic heterocycles. The van der Waals surface area contributed by atoms with Gasteiger partial charge in [-0.3, -0.25) is 4.79 Å². The summed E-state index contributed by atoms with van der Waals surface area (Å²) < 4.78 is 5.88. The second-order valence-electron chi connectivity index (χ2n) is 8.27. The van der Waals surface area contributed by atoms with Crippen LogP contribution < -0.4 is 15.4 Å². The first-order valence-electron chi connectivity index (χ1n) is 10.6. The van der Waals surface area contributed by atoms with Crippen molar-refractivity contribution in [2.24, 2.45) is 5.92 Å². The quantitative estimate of drug-likeness (QED) is 0.357. The summed E-state index contributed by atoms with van der Waals surface area (Å²) >= 11 is 9.49. The van der Waals surface area contributed by atoms with Gasteiger partial charge >= 0.3 is 0 Å². The average Bonchev–Trinajstić information content (AvgIpc) is 2.98. The molecule has 0 bridgehead atoms. The summed E-state index contributed by atoms with van der Waals surface area (Å²) in [4.78, 5) is 13.6. The summed E-state index contributed by atoms with van der Waals surface area (Å²) in [5.41, 5.74) is 4.56. The van der Waals surface area contributed by atoms with Crippen molar-refractivity contribution in [1.82, 2.24) is 0 Å². The van der Waals surface area contributed by atoms with Gasteiger partial charge < -0.3 is 20.5 Å². The maximum Gasteiger partial charge on any atom is 0.172 e. The molecule has 0 aromatic heterocycles. The van der Waals surface area contributed by atoms with E-state index >= 15 is 0 Å². The lowest BCUT2D eigenvalue weighted by atomic mass is 9.76. The first kappa shape index (κ1) is 21.9. The molecule has 0 saturated heterocycles. The third-order valence-corrected chi connectivity index (χ3v) is 7.12. The number of anilines is 2. The van der Waals surface area contributed by atoms with E-state index in [0.717, 1.165) is 28.2 Å². The van der Waals surface area contributed by atoms with E-state index in [2.05, 4.69) is 32.6 Å². The number of para-hydroxylation sites is 2. The zero-order chi connectivity index (χ0) is 23.1. The molecule has 5 nitrogen and oxygen atoms in total. The van der Waals surface area contributed by atoms with E-state index in [-0.39, 0.29) is 23.5 Å². The number of nitrogens with one attached hydrogen (secondary N) is 2. The molecule has 3 atom stereocenters. The number of methoxy groups -OCH3 is 1. The van der Waals surface area contributed by atoms with Crippen LogP contribution in [0.1, 0.15) is 29.5 Å². The van der Waals surface area contributed by atoms with Crippen LogP contribution in [0.4, 0.5) is 11.4 Å². The zero-order valence-corrected chi connectivity index (χ0v) is 20.2. The molecule has 3 aromatic carbocycles. The first-order chi connectivity index (χ1) is 15.9. The second-order valence-corrected chi connectivity index (χ2v) is 9.57.